The summed E-state index contributed by atoms with van der Waals surface area (Å²) >= 11 is 1.99. The molecule has 2 N–H and O–H groups in total. The standard InChI is InChI=1S/C18H30N4S/c1-4-22(5-2)14-13-20-17(19-3)21-15-18(11-12-18)23-16-9-7-6-8-10-16/h6-10H,4-5,11-15H2,1-3H3,(H2,19,20,21). The minimum Gasteiger partial charge on any atom is -0.355 e. The van der Waals surface area contributed by atoms with Crippen LogP contribution in [0.4, 0.5) is 0 Å². The molecule has 0 aliphatic heterocycles. The highest BCUT2D eigenvalue weighted by Gasteiger charge is 2.43. The molecule has 0 saturated heterocycles. The summed E-state index contributed by atoms with van der Waals surface area (Å²) in [7, 11) is 1.84. The van der Waals surface area contributed by atoms with Crippen LogP contribution in [0.5, 0.6) is 0 Å². The fourth-order valence-corrected chi connectivity index (χ4v) is 3.77. The molecule has 2 rings (SSSR count). The smallest absolute Gasteiger partial charge is 0.191 e. The van der Waals surface area contributed by atoms with E-state index < -0.39 is 0 Å². The Kier molecular flexibility index (Phi) is 7.24. The van der Waals surface area contributed by atoms with E-state index in [9.17, 15) is 0 Å². The molecule has 1 aliphatic rings. The molecule has 0 spiro atoms. The van der Waals surface area contributed by atoms with Crippen molar-refractivity contribution in [1.29, 1.82) is 0 Å². The molecule has 1 aromatic rings. The summed E-state index contributed by atoms with van der Waals surface area (Å²) < 4.78 is 0.345. The van der Waals surface area contributed by atoms with Crippen LogP contribution in [-0.4, -0.2) is 55.4 Å². The first-order chi connectivity index (χ1) is 11.2. The van der Waals surface area contributed by atoms with Crippen LogP contribution in [0.15, 0.2) is 40.2 Å². The summed E-state index contributed by atoms with van der Waals surface area (Å²) in [5, 5.41) is 6.92. The Bertz CT molecular complexity index is 481. The third-order valence-corrected chi connectivity index (χ3v) is 5.80. The van der Waals surface area contributed by atoms with Gasteiger partial charge in [-0.15, -0.1) is 11.8 Å². The quantitative estimate of drug-likeness (QED) is 0.538. The van der Waals surface area contributed by atoms with E-state index in [1.54, 1.807) is 0 Å². The number of rotatable bonds is 9. The number of nitrogens with zero attached hydrogens (tertiary/aromatic N) is 2. The Hall–Kier alpha value is -1.20. The fourth-order valence-electron chi connectivity index (χ4n) is 2.53. The van der Waals surface area contributed by atoms with E-state index in [1.807, 2.05) is 18.8 Å². The van der Waals surface area contributed by atoms with Crippen molar-refractivity contribution < 1.29 is 0 Å². The molecule has 1 aromatic carbocycles. The van der Waals surface area contributed by atoms with Crippen molar-refractivity contribution in [3.8, 4) is 0 Å². The maximum Gasteiger partial charge on any atom is 0.191 e. The average molecular weight is 335 g/mol. The molecule has 0 amide bonds. The van der Waals surface area contributed by atoms with Gasteiger partial charge in [-0.25, -0.2) is 0 Å². The lowest BCUT2D eigenvalue weighted by molar-refractivity contribution is 0.308. The molecule has 23 heavy (non-hydrogen) atoms. The molecular formula is C18H30N4S. The number of likely N-dealkylation sites (N-methyl/N-ethyl adjacent to an activating group) is 1. The Morgan fingerprint density at radius 3 is 2.43 bits per heavy atom. The summed E-state index contributed by atoms with van der Waals surface area (Å²) in [5.41, 5.74) is 0. The molecule has 1 aliphatic carbocycles. The summed E-state index contributed by atoms with van der Waals surface area (Å²) in [4.78, 5) is 8.11. The Labute approximate surface area is 145 Å². The minimum atomic E-state index is 0.345. The number of nitrogens with one attached hydrogen (secondary N) is 2. The second-order valence-electron chi connectivity index (χ2n) is 5.98. The molecule has 0 heterocycles. The molecule has 0 atom stereocenters. The Balaban J connectivity index is 1.73. The lowest BCUT2D eigenvalue weighted by atomic mass is 10.4. The highest BCUT2D eigenvalue weighted by atomic mass is 32.2. The molecular weight excluding hydrogens is 304 g/mol. The summed E-state index contributed by atoms with van der Waals surface area (Å²) in [6.45, 7) is 9.56. The lowest BCUT2D eigenvalue weighted by Gasteiger charge is -2.21. The van der Waals surface area contributed by atoms with Gasteiger partial charge in [0.25, 0.3) is 0 Å². The van der Waals surface area contributed by atoms with Crippen LogP contribution in [0.25, 0.3) is 0 Å². The van der Waals surface area contributed by atoms with Gasteiger partial charge in [-0.3, -0.25) is 4.99 Å². The second kappa shape index (κ2) is 9.18. The third kappa shape index (κ3) is 6.07. The zero-order chi connectivity index (χ0) is 16.5. The van der Waals surface area contributed by atoms with Crippen LogP contribution in [-0.2, 0) is 0 Å². The van der Waals surface area contributed by atoms with Crippen LogP contribution < -0.4 is 10.6 Å². The van der Waals surface area contributed by atoms with Crippen molar-refractivity contribution in [3.63, 3.8) is 0 Å². The molecule has 0 bridgehead atoms. The first-order valence-corrected chi connectivity index (χ1v) is 9.44. The number of benzene rings is 1. The summed E-state index contributed by atoms with van der Waals surface area (Å²) in [6, 6.07) is 10.7. The van der Waals surface area contributed by atoms with Crippen molar-refractivity contribution in [2.45, 2.75) is 36.3 Å². The molecule has 0 aromatic heterocycles. The van der Waals surface area contributed by atoms with E-state index in [0.29, 0.717) is 4.75 Å². The Morgan fingerprint density at radius 1 is 1.17 bits per heavy atom. The van der Waals surface area contributed by atoms with Crippen LogP contribution >= 0.6 is 11.8 Å². The van der Waals surface area contributed by atoms with E-state index in [-0.39, 0.29) is 0 Å². The maximum atomic E-state index is 4.34. The van der Waals surface area contributed by atoms with Gasteiger partial charge in [-0.2, -0.15) is 0 Å². The maximum absolute atomic E-state index is 4.34. The number of hydrogen-bond donors (Lipinski definition) is 2. The van der Waals surface area contributed by atoms with Gasteiger partial charge in [0.1, 0.15) is 0 Å². The zero-order valence-corrected chi connectivity index (χ0v) is 15.5. The first kappa shape index (κ1) is 18.1. The van der Waals surface area contributed by atoms with E-state index in [2.05, 4.69) is 64.7 Å². The van der Waals surface area contributed by atoms with Gasteiger partial charge < -0.3 is 15.5 Å². The van der Waals surface area contributed by atoms with Gasteiger partial charge in [0.15, 0.2) is 5.96 Å². The van der Waals surface area contributed by atoms with Gasteiger partial charge in [-0.1, -0.05) is 32.0 Å². The van der Waals surface area contributed by atoms with Gasteiger partial charge in [-0.05, 0) is 38.1 Å². The highest BCUT2D eigenvalue weighted by Crippen LogP contribution is 2.51. The first-order valence-electron chi connectivity index (χ1n) is 8.62. The Morgan fingerprint density at radius 2 is 1.87 bits per heavy atom. The number of hydrogen-bond acceptors (Lipinski definition) is 3. The molecule has 0 radical (unpaired) electrons. The summed E-state index contributed by atoms with van der Waals surface area (Å²) in [6.07, 6.45) is 2.55. The molecule has 0 unspecified atom stereocenters. The molecule has 128 valence electrons. The van der Waals surface area contributed by atoms with Crippen molar-refractivity contribution in [2.24, 2.45) is 4.99 Å². The van der Waals surface area contributed by atoms with Crippen molar-refractivity contribution in [2.75, 3.05) is 39.8 Å². The zero-order valence-electron chi connectivity index (χ0n) is 14.6. The normalized spacial score (nSPS) is 16.4. The van der Waals surface area contributed by atoms with E-state index in [4.69, 9.17) is 0 Å². The topological polar surface area (TPSA) is 39.7 Å². The minimum absolute atomic E-state index is 0.345. The van der Waals surface area contributed by atoms with Crippen molar-refractivity contribution in [3.05, 3.63) is 30.3 Å². The number of guanidine groups is 1. The van der Waals surface area contributed by atoms with Crippen molar-refractivity contribution in [1.82, 2.24) is 15.5 Å². The molecule has 5 heteroatoms. The molecule has 1 fully saturated rings. The highest BCUT2D eigenvalue weighted by molar-refractivity contribution is 8.01. The third-order valence-electron chi connectivity index (χ3n) is 4.30. The van der Waals surface area contributed by atoms with Gasteiger partial charge in [0.2, 0.25) is 0 Å². The van der Waals surface area contributed by atoms with E-state index in [0.717, 1.165) is 38.7 Å². The van der Waals surface area contributed by atoms with E-state index >= 15 is 0 Å². The predicted octanol–water partition coefficient (Wildman–Crippen LogP) is 2.82. The summed E-state index contributed by atoms with van der Waals surface area (Å²) in [5.74, 6) is 0.914. The van der Waals surface area contributed by atoms with Crippen LogP contribution in [0.3, 0.4) is 0 Å². The molecule has 4 nitrogen and oxygen atoms in total. The van der Waals surface area contributed by atoms with Gasteiger partial charge in [0, 0.05) is 36.3 Å². The van der Waals surface area contributed by atoms with Gasteiger partial charge in [0.05, 0.1) is 0 Å². The monoisotopic (exact) mass is 334 g/mol. The average Bonchev–Trinajstić information content (AvgIpc) is 3.35. The largest absolute Gasteiger partial charge is 0.355 e. The van der Waals surface area contributed by atoms with Crippen LogP contribution in [0.2, 0.25) is 0 Å². The number of aliphatic imine (C=N–C) groups is 1. The fraction of sp³-hybridized carbons (Fsp3) is 0.611. The SMILES string of the molecule is CCN(CC)CCNC(=NC)NCC1(Sc2ccccc2)CC1. The predicted molar refractivity (Wildman–Crippen MR) is 101 cm³/mol. The van der Waals surface area contributed by atoms with Crippen LogP contribution in [0.1, 0.15) is 26.7 Å². The van der Waals surface area contributed by atoms with Gasteiger partial charge >= 0.3 is 0 Å². The van der Waals surface area contributed by atoms with Crippen LogP contribution in [0, 0.1) is 0 Å². The van der Waals surface area contributed by atoms with E-state index in [1.165, 1.54) is 17.7 Å². The molecule has 1 saturated carbocycles. The number of thioether (sulfide) groups is 1. The second-order valence-corrected chi connectivity index (χ2v) is 7.52. The lowest BCUT2D eigenvalue weighted by Crippen LogP contribution is -2.44. The van der Waals surface area contributed by atoms with Crippen molar-refractivity contribution >= 4 is 17.7 Å².